The van der Waals surface area contributed by atoms with Crippen LogP contribution in [-0.2, 0) is 0 Å². The second kappa shape index (κ2) is 12.3. The van der Waals surface area contributed by atoms with Gasteiger partial charge in [-0.2, -0.15) is 0 Å². The molecule has 0 unspecified atom stereocenters. The lowest BCUT2D eigenvalue weighted by Gasteiger charge is -2.11. The van der Waals surface area contributed by atoms with E-state index in [4.69, 9.17) is 19.4 Å². The molecular weight excluding hydrogens is 765 g/mol. The molecule has 0 atom stereocenters. The van der Waals surface area contributed by atoms with E-state index >= 15 is 0 Å². The molecule has 0 spiro atoms. The van der Waals surface area contributed by atoms with Crippen LogP contribution in [0.2, 0.25) is 0 Å². The van der Waals surface area contributed by atoms with Crippen molar-refractivity contribution < 1.29 is 4.42 Å². The Morgan fingerprint density at radius 3 is 1.93 bits per heavy atom. The van der Waals surface area contributed by atoms with E-state index < -0.39 is 0 Å². The summed E-state index contributed by atoms with van der Waals surface area (Å²) in [6.45, 7) is 0. The summed E-state index contributed by atoms with van der Waals surface area (Å²) in [4.78, 5) is 15.5. The zero-order valence-corrected chi connectivity index (χ0v) is 33.2. The zero-order chi connectivity index (χ0) is 39.8. The summed E-state index contributed by atoms with van der Waals surface area (Å²) in [5.41, 5.74) is 7.93. The third kappa shape index (κ3) is 4.68. The number of fused-ring (bicyclic) bond motifs is 11. The molecule has 0 aliphatic heterocycles. The Bertz CT molecular complexity index is 4120. The van der Waals surface area contributed by atoms with Gasteiger partial charge < -0.3 is 8.98 Å². The SMILES string of the molecule is c1ccc(-c2nc(-c3ccc4oc5ccc(-n6c7cccc8c9ccccc9c9c%10ccccc%10cc6c9c87)cc5c4c3)nc(-c3cccc4c3sc3ccccc34)n2)cc1. The lowest BCUT2D eigenvalue weighted by atomic mass is 9.91. The van der Waals surface area contributed by atoms with Gasteiger partial charge in [-0.1, -0.05) is 121 Å². The van der Waals surface area contributed by atoms with Crippen LogP contribution in [0.1, 0.15) is 0 Å². The minimum atomic E-state index is 0.613. The Morgan fingerprint density at radius 1 is 0.393 bits per heavy atom. The van der Waals surface area contributed by atoms with E-state index in [1.54, 1.807) is 11.3 Å². The van der Waals surface area contributed by atoms with Gasteiger partial charge >= 0.3 is 0 Å². The number of aromatic nitrogens is 4. The fourth-order valence-electron chi connectivity index (χ4n) is 9.91. The van der Waals surface area contributed by atoms with Crippen LogP contribution in [0.25, 0.3) is 136 Å². The van der Waals surface area contributed by atoms with Crippen molar-refractivity contribution in [1.82, 2.24) is 19.5 Å². The Kier molecular flexibility index (Phi) is 6.65. The van der Waals surface area contributed by atoms with Gasteiger partial charge in [0.1, 0.15) is 11.2 Å². The molecule has 14 aromatic rings. The average molecular weight is 795 g/mol. The quantitative estimate of drug-likeness (QED) is 0.167. The van der Waals surface area contributed by atoms with Crippen LogP contribution < -0.4 is 0 Å². The molecule has 0 amide bonds. The van der Waals surface area contributed by atoms with E-state index in [0.29, 0.717) is 17.5 Å². The number of furan rings is 1. The molecule has 14 rings (SSSR count). The Morgan fingerprint density at radius 2 is 1.05 bits per heavy atom. The van der Waals surface area contributed by atoms with Gasteiger partial charge in [0.15, 0.2) is 17.5 Å². The van der Waals surface area contributed by atoms with E-state index in [-0.39, 0.29) is 0 Å². The van der Waals surface area contributed by atoms with Crippen LogP contribution in [0, 0.1) is 0 Å². The smallest absolute Gasteiger partial charge is 0.165 e. The summed E-state index contributed by atoms with van der Waals surface area (Å²) >= 11 is 1.78. The second-order valence-electron chi connectivity index (χ2n) is 15.9. The zero-order valence-electron chi connectivity index (χ0n) is 32.4. The minimum Gasteiger partial charge on any atom is -0.456 e. The number of nitrogens with zero attached hydrogens (tertiary/aromatic N) is 4. The molecule has 6 heteroatoms. The first-order valence-corrected chi connectivity index (χ1v) is 21.3. The highest BCUT2D eigenvalue weighted by atomic mass is 32.1. The number of benzene rings is 10. The number of hydrogen-bond acceptors (Lipinski definition) is 5. The van der Waals surface area contributed by atoms with Crippen molar-refractivity contribution in [2.75, 3.05) is 0 Å². The fourth-order valence-corrected chi connectivity index (χ4v) is 11.1. The molecule has 0 N–H and O–H groups in total. The monoisotopic (exact) mass is 794 g/mol. The van der Waals surface area contributed by atoms with Gasteiger partial charge in [0, 0.05) is 69.5 Å². The molecule has 4 aromatic heterocycles. The summed E-state index contributed by atoms with van der Waals surface area (Å²) in [7, 11) is 0. The van der Waals surface area contributed by atoms with Crippen LogP contribution in [0.3, 0.4) is 0 Å². The van der Waals surface area contributed by atoms with Gasteiger partial charge in [-0.05, 0) is 87.6 Å². The van der Waals surface area contributed by atoms with Gasteiger partial charge in [0.25, 0.3) is 0 Å². The lowest BCUT2D eigenvalue weighted by Crippen LogP contribution is -2.00. The summed E-state index contributed by atoms with van der Waals surface area (Å²) < 4.78 is 11.4. The highest BCUT2D eigenvalue weighted by molar-refractivity contribution is 7.26. The first-order chi connectivity index (χ1) is 30.2. The van der Waals surface area contributed by atoms with Gasteiger partial charge in [-0.3, -0.25) is 0 Å². The van der Waals surface area contributed by atoms with Crippen LogP contribution in [0.15, 0.2) is 186 Å². The molecule has 0 radical (unpaired) electrons. The molecule has 5 nitrogen and oxygen atoms in total. The molecule has 0 bridgehead atoms. The van der Waals surface area contributed by atoms with E-state index in [2.05, 4.69) is 162 Å². The van der Waals surface area contributed by atoms with Gasteiger partial charge in [0.05, 0.1) is 11.0 Å². The summed E-state index contributed by atoms with van der Waals surface area (Å²) in [5.74, 6) is 1.90. The standard InChI is InChI=1S/C55H30N4OS/c1-2-12-31(13-3-1)53-56-54(58-55(57-53)41-21-10-20-40-37-17-8-9-23-48(37)61-52(40)41)33-24-26-46-42(28-33)43-30-34(25-27-47(43)60-46)59-44-22-11-19-39-36-16-6-7-18-38(36)49-35-15-5-4-14-32(35)29-45(59)51(49)50(39)44/h1-30H. The lowest BCUT2D eigenvalue weighted by molar-refractivity contribution is 0.669. The van der Waals surface area contributed by atoms with Crippen LogP contribution in [0.4, 0.5) is 0 Å². The second-order valence-corrected chi connectivity index (χ2v) is 16.9. The highest BCUT2D eigenvalue weighted by Gasteiger charge is 2.23. The minimum absolute atomic E-state index is 0.613. The normalized spacial score (nSPS) is 12.3. The first kappa shape index (κ1) is 33.0. The maximum absolute atomic E-state index is 6.54. The molecule has 10 aromatic carbocycles. The number of thiophene rings is 1. The van der Waals surface area contributed by atoms with Crippen LogP contribution in [-0.4, -0.2) is 19.5 Å². The van der Waals surface area contributed by atoms with Gasteiger partial charge in [-0.25, -0.2) is 15.0 Å². The summed E-state index contributed by atoms with van der Waals surface area (Å²) in [6, 6.07) is 64.8. The van der Waals surface area contributed by atoms with Crippen molar-refractivity contribution in [3.63, 3.8) is 0 Å². The Balaban J connectivity index is 0.994. The van der Waals surface area contributed by atoms with Crippen LogP contribution in [0.5, 0.6) is 0 Å². The number of hydrogen-bond donors (Lipinski definition) is 0. The van der Waals surface area contributed by atoms with Crippen LogP contribution >= 0.6 is 11.3 Å². The number of rotatable bonds is 4. The molecule has 0 saturated heterocycles. The predicted molar refractivity (Wildman–Crippen MR) is 254 cm³/mol. The maximum Gasteiger partial charge on any atom is 0.165 e. The maximum atomic E-state index is 6.54. The van der Waals surface area contributed by atoms with Crippen molar-refractivity contribution in [2.24, 2.45) is 0 Å². The van der Waals surface area contributed by atoms with Crippen molar-refractivity contribution in [1.29, 1.82) is 0 Å². The molecular formula is C55H30N4OS. The topological polar surface area (TPSA) is 56.7 Å². The molecule has 4 heterocycles. The van der Waals surface area contributed by atoms with Gasteiger partial charge in [0.2, 0.25) is 0 Å². The van der Waals surface area contributed by atoms with Crippen molar-refractivity contribution in [3.8, 4) is 39.9 Å². The third-order valence-electron chi connectivity index (χ3n) is 12.6. The van der Waals surface area contributed by atoms with E-state index in [0.717, 1.165) is 44.3 Å². The molecule has 0 saturated carbocycles. The van der Waals surface area contributed by atoms with Crippen molar-refractivity contribution in [3.05, 3.63) is 182 Å². The fraction of sp³-hybridized carbons (Fsp3) is 0. The largest absolute Gasteiger partial charge is 0.456 e. The van der Waals surface area contributed by atoms with Crippen molar-refractivity contribution >= 4 is 108 Å². The Labute approximate surface area is 351 Å². The third-order valence-corrected chi connectivity index (χ3v) is 13.8. The summed E-state index contributed by atoms with van der Waals surface area (Å²) in [6.07, 6.45) is 0. The van der Waals surface area contributed by atoms with Gasteiger partial charge in [-0.15, -0.1) is 11.3 Å². The highest BCUT2D eigenvalue weighted by Crippen LogP contribution is 2.47. The van der Waals surface area contributed by atoms with Crippen molar-refractivity contribution in [2.45, 2.75) is 0 Å². The molecule has 0 fully saturated rings. The molecule has 0 aliphatic carbocycles. The van der Waals surface area contributed by atoms with E-state index in [1.807, 2.05) is 24.3 Å². The molecule has 282 valence electrons. The van der Waals surface area contributed by atoms with E-state index in [9.17, 15) is 0 Å². The predicted octanol–water partition coefficient (Wildman–Crippen LogP) is 15.1. The Hall–Kier alpha value is -7.93. The molecule has 61 heavy (non-hydrogen) atoms. The summed E-state index contributed by atoms with van der Waals surface area (Å²) in [5, 5.41) is 14.7. The first-order valence-electron chi connectivity index (χ1n) is 20.5. The average Bonchev–Trinajstić information content (AvgIpc) is 4.00. The molecule has 0 aliphatic rings. The van der Waals surface area contributed by atoms with E-state index in [1.165, 1.54) is 74.3 Å².